The maximum atomic E-state index is 11.8. The molecular formula is C14H23NO2. The smallest absolute Gasteiger partial charge is 0.311 e. The molecule has 0 radical (unpaired) electrons. The fourth-order valence-corrected chi connectivity index (χ4v) is 2.16. The van der Waals surface area contributed by atoms with E-state index in [4.69, 9.17) is 4.74 Å². The third-order valence-corrected chi connectivity index (χ3v) is 3.57. The third kappa shape index (κ3) is 3.09. The summed E-state index contributed by atoms with van der Waals surface area (Å²) in [6.07, 6.45) is 8.04. The quantitative estimate of drug-likeness (QED) is 0.545. The topological polar surface area (TPSA) is 29.5 Å². The van der Waals surface area contributed by atoms with Gasteiger partial charge in [0.2, 0.25) is 0 Å². The zero-order chi connectivity index (χ0) is 12.5. The molecule has 0 N–H and O–H groups in total. The fourth-order valence-electron chi connectivity index (χ4n) is 2.16. The van der Waals surface area contributed by atoms with Gasteiger partial charge in [-0.25, -0.2) is 0 Å². The number of carbonyl (C=O) groups excluding carboxylic acids is 1. The molecule has 3 heteroatoms. The van der Waals surface area contributed by atoms with Crippen molar-refractivity contribution in [3.63, 3.8) is 0 Å². The predicted molar refractivity (Wildman–Crippen MR) is 67.7 cm³/mol. The van der Waals surface area contributed by atoms with Gasteiger partial charge >= 0.3 is 5.97 Å². The van der Waals surface area contributed by atoms with E-state index < -0.39 is 5.41 Å². The molecule has 1 saturated carbocycles. The van der Waals surface area contributed by atoms with Crippen molar-refractivity contribution in [3.8, 4) is 0 Å². The molecule has 0 aromatic heterocycles. The molecule has 1 aliphatic carbocycles. The van der Waals surface area contributed by atoms with Crippen molar-refractivity contribution in [2.75, 3.05) is 13.1 Å². The molecular weight excluding hydrogens is 214 g/mol. The Hall–Kier alpha value is -0.830. The lowest BCUT2D eigenvalue weighted by Gasteiger charge is -2.40. The van der Waals surface area contributed by atoms with Crippen molar-refractivity contribution in [1.82, 2.24) is 4.90 Å². The van der Waals surface area contributed by atoms with Gasteiger partial charge in [-0.2, -0.15) is 0 Å². The van der Waals surface area contributed by atoms with Crippen LogP contribution in [-0.4, -0.2) is 36.1 Å². The van der Waals surface area contributed by atoms with E-state index in [0.29, 0.717) is 0 Å². The summed E-state index contributed by atoms with van der Waals surface area (Å²) in [7, 11) is 0. The molecule has 0 aromatic rings. The molecule has 2 aliphatic rings. The Morgan fingerprint density at radius 1 is 1.35 bits per heavy atom. The van der Waals surface area contributed by atoms with Crippen LogP contribution in [-0.2, 0) is 9.53 Å². The number of nitrogens with zero attached hydrogens (tertiary/aromatic N) is 1. The van der Waals surface area contributed by atoms with E-state index in [1.807, 2.05) is 26.8 Å². The van der Waals surface area contributed by atoms with E-state index in [1.54, 1.807) is 0 Å². The minimum Gasteiger partial charge on any atom is -0.456 e. The predicted octanol–water partition coefficient (Wildman–Crippen LogP) is 2.37. The van der Waals surface area contributed by atoms with Crippen LogP contribution < -0.4 is 0 Å². The highest BCUT2D eigenvalue weighted by Gasteiger charge is 2.31. The minimum absolute atomic E-state index is 0.0592. The zero-order valence-electron chi connectivity index (χ0n) is 11.1. The summed E-state index contributed by atoms with van der Waals surface area (Å²) in [4.78, 5) is 14.3. The van der Waals surface area contributed by atoms with Crippen LogP contribution in [0, 0.1) is 5.41 Å². The molecule has 1 aliphatic heterocycles. The summed E-state index contributed by atoms with van der Waals surface area (Å²) < 4.78 is 5.54. The van der Waals surface area contributed by atoms with E-state index >= 15 is 0 Å². The lowest BCUT2D eigenvalue weighted by atomic mass is 9.90. The van der Waals surface area contributed by atoms with Crippen molar-refractivity contribution in [3.05, 3.63) is 12.2 Å². The monoisotopic (exact) mass is 237 g/mol. The van der Waals surface area contributed by atoms with Gasteiger partial charge in [0.1, 0.15) is 6.10 Å². The Bertz CT molecular complexity index is 313. The number of rotatable bonds is 2. The molecule has 2 rings (SSSR count). The Kier molecular flexibility index (Phi) is 3.57. The van der Waals surface area contributed by atoms with E-state index in [9.17, 15) is 4.79 Å². The van der Waals surface area contributed by atoms with Crippen LogP contribution in [0.1, 0.15) is 40.0 Å². The van der Waals surface area contributed by atoms with Gasteiger partial charge in [0, 0.05) is 19.1 Å². The van der Waals surface area contributed by atoms with Gasteiger partial charge in [0.15, 0.2) is 0 Å². The first-order valence-corrected chi connectivity index (χ1v) is 6.58. The van der Waals surface area contributed by atoms with Crippen molar-refractivity contribution in [2.45, 2.75) is 52.2 Å². The van der Waals surface area contributed by atoms with Crippen molar-refractivity contribution in [1.29, 1.82) is 0 Å². The summed E-state index contributed by atoms with van der Waals surface area (Å²) in [5.41, 5.74) is -0.410. The molecule has 1 atom stereocenters. The molecule has 0 unspecified atom stereocenters. The maximum absolute atomic E-state index is 11.8. The molecule has 1 fully saturated rings. The average Bonchev–Trinajstić information content (AvgIpc) is 2.13. The maximum Gasteiger partial charge on any atom is 0.311 e. The SMILES string of the molecule is CC(C)(C)C(=O)O[C@@H]1C=CCN(C2CCC2)C1. The number of carbonyl (C=O) groups is 1. The van der Waals surface area contributed by atoms with Crippen LogP contribution in [0.4, 0.5) is 0 Å². The van der Waals surface area contributed by atoms with Crippen LogP contribution in [0.15, 0.2) is 12.2 Å². The molecule has 0 spiro atoms. The number of hydrogen-bond donors (Lipinski definition) is 0. The highest BCUT2D eigenvalue weighted by Crippen LogP contribution is 2.27. The van der Waals surface area contributed by atoms with Crippen LogP contribution in [0.2, 0.25) is 0 Å². The molecule has 0 aromatic carbocycles. The Labute approximate surface area is 104 Å². The van der Waals surface area contributed by atoms with Crippen molar-refractivity contribution >= 4 is 5.97 Å². The van der Waals surface area contributed by atoms with Gasteiger partial charge in [-0.15, -0.1) is 0 Å². The molecule has 17 heavy (non-hydrogen) atoms. The summed E-state index contributed by atoms with van der Waals surface area (Å²) in [5.74, 6) is -0.109. The first kappa shape index (κ1) is 12.6. The second-order valence-electron chi connectivity index (χ2n) is 6.16. The van der Waals surface area contributed by atoms with Crippen LogP contribution in [0.25, 0.3) is 0 Å². The highest BCUT2D eigenvalue weighted by molar-refractivity contribution is 5.75. The van der Waals surface area contributed by atoms with Crippen LogP contribution >= 0.6 is 0 Å². The van der Waals surface area contributed by atoms with Crippen molar-refractivity contribution in [2.24, 2.45) is 5.41 Å². The van der Waals surface area contributed by atoms with Crippen LogP contribution in [0.5, 0.6) is 0 Å². The number of esters is 1. The standard InChI is InChI=1S/C14H23NO2/c1-14(2,3)13(16)17-12-8-5-9-15(10-12)11-6-4-7-11/h5,8,11-12H,4,6-7,9-10H2,1-3H3/t12-/m1/s1. The normalized spacial score (nSPS) is 26.6. The lowest BCUT2D eigenvalue weighted by molar-refractivity contribution is -0.157. The van der Waals surface area contributed by atoms with Gasteiger partial charge < -0.3 is 4.74 Å². The summed E-state index contributed by atoms with van der Waals surface area (Å²) in [5, 5.41) is 0. The number of ether oxygens (including phenoxy) is 1. The lowest BCUT2D eigenvalue weighted by Crippen LogP contribution is -2.47. The van der Waals surface area contributed by atoms with Gasteiger partial charge in [0.05, 0.1) is 5.41 Å². The minimum atomic E-state index is -0.410. The Balaban J connectivity index is 1.87. The Morgan fingerprint density at radius 2 is 2.06 bits per heavy atom. The summed E-state index contributed by atoms with van der Waals surface area (Å²) >= 11 is 0. The average molecular weight is 237 g/mol. The van der Waals surface area contributed by atoms with E-state index in [2.05, 4.69) is 11.0 Å². The second kappa shape index (κ2) is 4.81. The molecule has 0 saturated heterocycles. The largest absolute Gasteiger partial charge is 0.456 e. The number of hydrogen-bond acceptors (Lipinski definition) is 3. The van der Waals surface area contributed by atoms with Crippen LogP contribution in [0.3, 0.4) is 0 Å². The first-order valence-electron chi connectivity index (χ1n) is 6.58. The molecule has 1 heterocycles. The molecule has 0 bridgehead atoms. The van der Waals surface area contributed by atoms with E-state index in [1.165, 1.54) is 19.3 Å². The van der Waals surface area contributed by atoms with E-state index in [-0.39, 0.29) is 12.1 Å². The molecule has 0 amide bonds. The molecule has 3 nitrogen and oxygen atoms in total. The van der Waals surface area contributed by atoms with Gasteiger partial charge in [-0.1, -0.05) is 12.5 Å². The van der Waals surface area contributed by atoms with Gasteiger partial charge in [-0.05, 0) is 39.7 Å². The zero-order valence-corrected chi connectivity index (χ0v) is 11.1. The first-order chi connectivity index (χ1) is 7.97. The summed E-state index contributed by atoms with van der Waals surface area (Å²) in [6.45, 7) is 7.56. The second-order valence-corrected chi connectivity index (χ2v) is 6.16. The highest BCUT2D eigenvalue weighted by atomic mass is 16.5. The van der Waals surface area contributed by atoms with Crippen molar-refractivity contribution < 1.29 is 9.53 Å². The Morgan fingerprint density at radius 3 is 2.59 bits per heavy atom. The molecule has 96 valence electrons. The van der Waals surface area contributed by atoms with Gasteiger partial charge in [0.25, 0.3) is 0 Å². The van der Waals surface area contributed by atoms with E-state index in [0.717, 1.165) is 19.1 Å². The third-order valence-electron chi connectivity index (χ3n) is 3.57. The fraction of sp³-hybridized carbons (Fsp3) is 0.786. The summed E-state index contributed by atoms with van der Waals surface area (Å²) in [6, 6.07) is 0.718. The van der Waals surface area contributed by atoms with Gasteiger partial charge in [-0.3, -0.25) is 9.69 Å².